The first-order valence-corrected chi connectivity index (χ1v) is 10.3. The number of nitrogens with one attached hydrogen (secondary N) is 1. The van der Waals surface area contributed by atoms with Crippen molar-refractivity contribution in [1.29, 1.82) is 0 Å². The molecule has 6 nitrogen and oxygen atoms in total. The van der Waals surface area contributed by atoms with E-state index in [1.807, 2.05) is 13.8 Å². The van der Waals surface area contributed by atoms with Crippen LogP contribution >= 0.6 is 0 Å². The van der Waals surface area contributed by atoms with Gasteiger partial charge in [-0.15, -0.1) is 6.42 Å². The molecule has 2 rings (SSSR count). The van der Waals surface area contributed by atoms with Gasteiger partial charge < -0.3 is 10.1 Å². The molecule has 1 saturated heterocycles. The topological polar surface area (TPSA) is 75.7 Å². The minimum absolute atomic E-state index is 0.00820. The minimum Gasteiger partial charge on any atom is -0.495 e. The molecule has 1 aromatic rings. The van der Waals surface area contributed by atoms with Crippen molar-refractivity contribution in [2.45, 2.75) is 50.0 Å². The van der Waals surface area contributed by atoms with Gasteiger partial charge in [-0.2, -0.15) is 4.31 Å². The Hall–Kier alpha value is -2.04. The van der Waals surface area contributed by atoms with Gasteiger partial charge in [0.25, 0.3) is 5.91 Å². The molecule has 1 fully saturated rings. The summed E-state index contributed by atoms with van der Waals surface area (Å²) in [6.07, 6.45) is 8.43. The van der Waals surface area contributed by atoms with Crippen LogP contribution in [0, 0.1) is 12.3 Å². The molecule has 1 N–H and O–H groups in total. The summed E-state index contributed by atoms with van der Waals surface area (Å²) in [6.45, 7) is 4.77. The zero-order valence-electron chi connectivity index (χ0n) is 15.5. The summed E-state index contributed by atoms with van der Waals surface area (Å²) in [5.74, 6) is 2.47. The van der Waals surface area contributed by atoms with E-state index in [2.05, 4.69) is 11.2 Å². The van der Waals surface area contributed by atoms with Gasteiger partial charge in [-0.1, -0.05) is 19.8 Å². The lowest BCUT2D eigenvalue weighted by atomic mass is 9.93. The SMILES string of the molecule is C#CC(CC)(CC)NC(=O)c1ccc(OC)c(S(=O)(=O)N2CCCC2)c1. The van der Waals surface area contributed by atoms with Gasteiger partial charge in [-0.25, -0.2) is 8.42 Å². The molecular formula is C19H26N2O4S. The fourth-order valence-electron chi connectivity index (χ4n) is 3.04. The van der Waals surface area contributed by atoms with Crippen LogP contribution < -0.4 is 10.1 Å². The zero-order valence-corrected chi connectivity index (χ0v) is 16.4. The number of carbonyl (C=O) groups is 1. The molecular weight excluding hydrogens is 352 g/mol. The maximum atomic E-state index is 12.9. The van der Waals surface area contributed by atoms with Gasteiger partial charge in [-0.05, 0) is 43.9 Å². The molecule has 1 heterocycles. The Morgan fingerprint density at radius 1 is 1.31 bits per heavy atom. The molecule has 1 aromatic carbocycles. The van der Waals surface area contributed by atoms with Crippen molar-refractivity contribution in [3.8, 4) is 18.1 Å². The van der Waals surface area contributed by atoms with Gasteiger partial charge in [-0.3, -0.25) is 4.79 Å². The molecule has 0 spiro atoms. The third kappa shape index (κ3) is 3.87. The maximum absolute atomic E-state index is 12.9. The molecule has 26 heavy (non-hydrogen) atoms. The van der Waals surface area contributed by atoms with Gasteiger partial charge >= 0.3 is 0 Å². The summed E-state index contributed by atoms with van der Waals surface area (Å²) >= 11 is 0. The smallest absolute Gasteiger partial charge is 0.252 e. The Morgan fingerprint density at radius 2 is 1.92 bits per heavy atom. The molecule has 0 saturated carbocycles. The normalized spacial score (nSPS) is 15.5. The van der Waals surface area contributed by atoms with Crippen LogP contribution in [0.25, 0.3) is 0 Å². The fraction of sp³-hybridized carbons (Fsp3) is 0.526. The lowest BCUT2D eigenvalue weighted by molar-refractivity contribution is 0.0916. The van der Waals surface area contributed by atoms with Crippen LogP contribution in [0.15, 0.2) is 23.1 Å². The van der Waals surface area contributed by atoms with E-state index >= 15 is 0 Å². The highest BCUT2D eigenvalue weighted by atomic mass is 32.2. The fourth-order valence-corrected chi connectivity index (χ4v) is 4.74. The second kappa shape index (κ2) is 8.11. The molecule has 1 amide bonds. The number of ether oxygens (including phenoxy) is 1. The molecule has 0 radical (unpaired) electrons. The first kappa shape index (κ1) is 20.3. The van der Waals surface area contributed by atoms with Crippen LogP contribution in [0.2, 0.25) is 0 Å². The third-order valence-corrected chi connectivity index (χ3v) is 6.86. The molecule has 1 aliphatic rings. The van der Waals surface area contributed by atoms with Crippen molar-refractivity contribution in [2.75, 3.05) is 20.2 Å². The Morgan fingerprint density at radius 3 is 2.42 bits per heavy atom. The van der Waals surface area contributed by atoms with Crippen LogP contribution in [0.5, 0.6) is 5.75 Å². The summed E-state index contributed by atoms with van der Waals surface area (Å²) in [5, 5.41) is 2.86. The lowest BCUT2D eigenvalue weighted by Gasteiger charge is -2.27. The largest absolute Gasteiger partial charge is 0.495 e. The van der Waals surface area contributed by atoms with Gasteiger partial charge in [0.15, 0.2) is 0 Å². The number of sulfonamides is 1. The van der Waals surface area contributed by atoms with Gasteiger partial charge in [0.1, 0.15) is 16.2 Å². The molecule has 0 atom stereocenters. The summed E-state index contributed by atoms with van der Waals surface area (Å²) in [4.78, 5) is 12.7. The number of nitrogens with zero attached hydrogens (tertiary/aromatic N) is 1. The molecule has 142 valence electrons. The lowest BCUT2D eigenvalue weighted by Crippen LogP contribution is -2.46. The van der Waals surface area contributed by atoms with E-state index in [9.17, 15) is 13.2 Å². The highest BCUT2D eigenvalue weighted by Crippen LogP contribution is 2.30. The van der Waals surface area contributed by atoms with E-state index in [1.54, 1.807) is 6.07 Å². The second-order valence-corrected chi connectivity index (χ2v) is 8.27. The molecule has 0 aromatic heterocycles. The predicted molar refractivity (Wildman–Crippen MR) is 101 cm³/mol. The van der Waals surface area contributed by atoms with Crippen molar-refractivity contribution in [3.63, 3.8) is 0 Å². The number of benzene rings is 1. The quantitative estimate of drug-likeness (QED) is 0.739. The first-order valence-electron chi connectivity index (χ1n) is 8.82. The first-order chi connectivity index (χ1) is 12.3. The van der Waals surface area contributed by atoms with E-state index < -0.39 is 21.5 Å². The average Bonchev–Trinajstić information content (AvgIpc) is 3.21. The van der Waals surface area contributed by atoms with Crippen LogP contribution in [0.4, 0.5) is 0 Å². The number of rotatable bonds is 7. The van der Waals surface area contributed by atoms with Crippen molar-refractivity contribution in [1.82, 2.24) is 9.62 Å². The monoisotopic (exact) mass is 378 g/mol. The number of terminal acetylenes is 1. The molecule has 0 aliphatic carbocycles. The third-order valence-electron chi connectivity index (χ3n) is 4.94. The Labute approximate surface area is 156 Å². The number of amides is 1. The Kier molecular flexibility index (Phi) is 6.32. The minimum atomic E-state index is -3.71. The predicted octanol–water partition coefficient (Wildman–Crippen LogP) is 2.40. The molecule has 1 aliphatic heterocycles. The Bertz CT molecular complexity index is 801. The molecule has 7 heteroatoms. The van der Waals surface area contributed by atoms with Crippen LogP contribution in [-0.4, -0.2) is 44.4 Å². The van der Waals surface area contributed by atoms with Crippen molar-refractivity contribution < 1.29 is 17.9 Å². The van der Waals surface area contributed by atoms with Gasteiger partial charge in [0.05, 0.1) is 7.11 Å². The highest BCUT2D eigenvalue weighted by molar-refractivity contribution is 7.89. The molecule has 0 unspecified atom stereocenters. The maximum Gasteiger partial charge on any atom is 0.252 e. The number of hydrogen-bond acceptors (Lipinski definition) is 4. The van der Waals surface area contributed by atoms with Crippen LogP contribution in [0.1, 0.15) is 49.9 Å². The van der Waals surface area contributed by atoms with Gasteiger partial charge in [0, 0.05) is 18.7 Å². The molecule has 0 bridgehead atoms. The van der Waals surface area contributed by atoms with Crippen molar-refractivity contribution >= 4 is 15.9 Å². The van der Waals surface area contributed by atoms with E-state index in [-0.39, 0.29) is 16.2 Å². The van der Waals surface area contributed by atoms with E-state index in [1.165, 1.54) is 23.5 Å². The number of methoxy groups -OCH3 is 1. The van der Waals surface area contributed by atoms with E-state index in [0.717, 1.165) is 12.8 Å². The summed E-state index contributed by atoms with van der Waals surface area (Å²) < 4.78 is 32.5. The standard InChI is InChI=1S/C19H26N2O4S/c1-5-19(6-2,7-3)20-18(22)15-10-11-16(25-4)17(14-15)26(23,24)21-12-8-9-13-21/h1,10-11,14H,6-9,12-13H2,2-4H3,(H,20,22). The van der Waals surface area contributed by atoms with Crippen molar-refractivity contribution in [2.24, 2.45) is 0 Å². The van der Waals surface area contributed by atoms with Crippen LogP contribution in [0.3, 0.4) is 0 Å². The number of hydrogen-bond donors (Lipinski definition) is 1. The Balaban J connectivity index is 2.41. The average molecular weight is 378 g/mol. The number of carbonyl (C=O) groups excluding carboxylic acids is 1. The van der Waals surface area contributed by atoms with Gasteiger partial charge in [0.2, 0.25) is 10.0 Å². The van der Waals surface area contributed by atoms with Crippen molar-refractivity contribution in [3.05, 3.63) is 23.8 Å². The second-order valence-electron chi connectivity index (χ2n) is 6.36. The van der Waals surface area contributed by atoms with E-state index in [0.29, 0.717) is 25.9 Å². The van der Waals surface area contributed by atoms with Crippen LogP contribution in [-0.2, 0) is 10.0 Å². The highest BCUT2D eigenvalue weighted by Gasteiger charge is 2.31. The zero-order chi connectivity index (χ0) is 19.4. The summed E-state index contributed by atoms with van der Waals surface area (Å²) in [7, 11) is -2.30. The summed E-state index contributed by atoms with van der Waals surface area (Å²) in [5.41, 5.74) is -0.504. The van der Waals surface area contributed by atoms with E-state index in [4.69, 9.17) is 11.2 Å². The summed E-state index contributed by atoms with van der Waals surface area (Å²) in [6, 6.07) is 4.42.